The first-order valence-corrected chi connectivity index (χ1v) is 7.61. The van der Waals surface area contributed by atoms with E-state index in [9.17, 15) is 4.79 Å². The van der Waals surface area contributed by atoms with Crippen LogP contribution in [0.4, 0.5) is 0 Å². The number of hydrogen-bond donors (Lipinski definition) is 0. The first-order chi connectivity index (χ1) is 9.63. The summed E-state index contributed by atoms with van der Waals surface area (Å²) in [6, 6.07) is 0. The molecule has 2 rings (SSSR count). The number of aromatic nitrogens is 2. The van der Waals surface area contributed by atoms with Gasteiger partial charge in [-0.2, -0.15) is 0 Å². The van der Waals surface area contributed by atoms with Crippen LogP contribution >= 0.6 is 0 Å². The molecular formula is C15H25N3O2. The predicted octanol–water partition coefficient (Wildman–Crippen LogP) is 2.60. The monoisotopic (exact) mass is 279 g/mol. The van der Waals surface area contributed by atoms with Gasteiger partial charge in [-0.05, 0) is 26.4 Å². The van der Waals surface area contributed by atoms with Crippen molar-refractivity contribution in [2.75, 3.05) is 14.1 Å². The summed E-state index contributed by atoms with van der Waals surface area (Å²) in [5, 5.41) is 7.89. The van der Waals surface area contributed by atoms with Crippen LogP contribution in [-0.2, 0) is 17.8 Å². The maximum atomic E-state index is 11.9. The van der Waals surface area contributed by atoms with Crippen molar-refractivity contribution >= 4 is 5.78 Å². The average molecular weight is 279 g/mol. The summed E-state index contributed by atoms with van der Waals surface area (Å²) >= 11 is 0. The van der Waals surface area contributed by atoms with Crippen LogP contribution in [0.3, 0.4) is 0 Å². The molecule has 0 bridgehead atoms. The van der Waals surface area contributed by atoms with Crippen molar-refractivity contribution in [1.82, 2.24) is 15.1 Å². The number of Topliss-reactive ketones (excluding diaryl/α,β-unsaturated/α-hetero) is 1. The van der Waals surface area contributed by atoms with Gasteiger partial charge >= 0.3 is 0 Å². The first-order valence-electron chi connectivity index (χ1n) is 7.61. The molecule has 0 saturated heterocycles. The zero-order chi connectivity index (χ0) is 14.4. The maximum Gasteiger partial charge on any atom is 0.230 e. The van der Waals surface area contributed by atoms with Gasteiger partial charge in [0.1, 0.15) is 5.78 Å². The van der Waals surface area contributed by atoms with Gasteiger partial charge in [0.05, 0.1) is 13.0 Å². The Kier molecular flexibility index (Phi) is 5.71. The summed E-state index contributed by atoms with van der Waals surface area (Å²) in [6.45, 7) is 0.614. The number of carbonyl (C=O) groups excluding carboxylic acids is 1. The van der Waals surface area contributed by atoms with Crippen molar-refractivity contribution in [1.29, 1.82) is 0 Å². The first kappa shape index (κ1) is 15.2. The lowest BCUT2D eigenvalue weighted by Gasteiger charge is -2.20. The Balaban J connectivity index is 1.72. The fourth-order valence-electron chi connectivity index (χ4n) is 2.79. The fourth-order valence-corrected chi connectivity index (χ4v) is 2.79. The average Bonchev–Trinajstić information content (AvgIpc) is 2.84. The number of carbonyl (C=O) groups is 1. The third kappa shape index (κ3) is 5.04. The molecule has 20 heavy (non-hydrogen) atoms. The topological polar surface area (TPSA) is 59.2 Å². The number of hydrogen-bond acceptors (Lipinski definition) is 5. The maximum absolute atomic E-state index is 11.9. The molecule has 0 radical (unpaired) electrons. The molecule has 0 spiro atoms. The molecule has 1 aliphatic carbocycles. The minimum Gasteiger partial charge on any atom is -0.423 e. The van der Waals surface area contributed by atoms with E-state index in [1.807, 2.05) is 19.0 Å². The smallest absolute Gasteiger partial charge is 0.230 e. The number of ketones is 1. The van der Waals surface area contributed by atoms with Crippen molar-refractivity contribution in [2.24, 2.45) is 5.92 Å². The predicted molar refractivity (Wildman–Crippen MR) is 76.2 cm³/mol. The van der Waals surface area contributed by atoms with E-state index >= 15 is 0 Å². The van der Waals surface area contributed by atoms with Crippen molar-refractivity contribution in [3.05, 3.63) is 11.8 Å². The lowest BCUT2D eigenvalue weighted by Crippen LogP contribution is -2.11. The van der Waals surface area contributed by atoms with E-state index in [1.165, 1.54) is 32.1 Å². The van der Waals surface area contributed by atoms with E-state index in [0.29, 0.717) is 24.7 Å². The third-order valence-corrected chi connectivity index (χ3v) is 3.86. The molecule has 0 atom stereocenters. The van der Waals surface area contributed by atoms with E-state index in [0.717, 1.165) is 12.3 Å². The van der Waals surface area contributed by atoms with E-state index < -0.39 is 0 Å². The van der Waals surface area contributed by atoms with E-state index in [-0.39, 0.29) is 12.2 Å². The Hall–Kier alpha value is -1.23. The SMILES string of the molecule is CN(C)Cc1nnc(CC(=O)CCC2CCCCC2)o1. The lowest BCUT2D eigenvalue weighted by molar-refractivity contribution is -0.119. The zero-order valence-corrected chi connectivity index (χ0v) is 12.6. The molecule has 0 amide bonds. The number of rotatable bonds is 7. The van der Waals surface area contributed by atoms with Gasteiger partial charge in [-0.3, -0.25) is 4.79 Å². The summed E-state index contributed by atoms with van der Waals surface area (Å²) in [6.07, 6.45) is 8.57. The largest absolute Gasteiger partial charge is 0.423 e. The van der Waals surface area contributed by atoms with Crippen molar-refractivity contribution < 1.29 is 9.21 Å². The van der Waals surface area contributed by atoms with Gasteiger partial charge in [-0.1, -0.05) is 32.1 Å². The van der Waals surface area contributed by atoms with Crippen LogP contribution in [0.15, 0.2) is 4.42 Å². The normalized spacial score (nSPS) is 16.8. The summed E-state index contributed by atoms with van der Waals surface area (Å²) < 4.78 is 5.47. The molecule has 0 unspecified atom stereocenters. The summed E-state index contributed by atoms with van der Waals surface area (Å²) in [4.78, 5) is 13.9. The molecule has 0 aromatic carbocycles. The molecule has 1 aromatic rings. The minimum atomic E-state index is 0.218. The molecule has 0 N–H and O–H groups in total. The Morgan fingerprint density at radius 3 is 2.60 bits per heavy atom. The van der Waals surface area contributed by atoms with Gasteiger partial charge in [0.2, 0.25) is 11.8 Å². The Morgan fingerprint density at radius 2 is 1.90 bits per heavy atom. The molecule has 5 nitrogen and oxygen atoms in total. The van der Waals surface area contributed by atoms with E-state index in [1.54, 1.807) is 0 Å². The zero-order valence-electron chi connectivity index (χ0n) is 12.6. The Labute approximate surface area is 120 Å². The molecule has 1 heterocycles. The summed E-state index contributed by atoms with van der Waals surface area (Å²) in [5.41, 5.74) is 0. The lowest BCUT2D eigenvalue weighted by atomic mass is 9.85. The van der Waals surface area contributed by atoms with Crippen LogP contribution in [0.1, 0.15) is 56.7 Å². The third-order valence-electron chi connectivity index (χ3n) is 3.86. The van der Waals surface area contributed by atoms with Crippen LogP contribution < -0.4 is 0 Å². The molecule has 1 saturated carbocycles. The summed E-state index contributed by atoms with van der Waals surface area (Å²) in [5.74, 6) is 2.00. The Bertz CT molecular complexity index is 423. The number of nitrogens with zero attached hydrogens (tertiary/aromatic N) is 3. The second-order valence-electron chi connectivity index (χ2n) is 6.09. The standard InChI is InChI=1S/C15H25N3O2/c1-18(2)11-15-17-16-14(20-15)10-13(19)9-8-12-6-4-3-5-7-12/h12H,3-11H2,1-2H3. The second-order valence-corrected chi connectivity index (χ2v) is 6.09. The second kappa shape index (κ2) is 7.53. The highest BCUT2D eigenvalue weighted by atomic mass is 16.4. The summed E-state index contributed by atoms with van der Waals surface area (Å²) in [7, 11) is 3.89. The van der Waals surface area contributed by atoms with E-state index in [2.05, 4.69) is 10.2 Å². The van der Waals surface area contributed by atoms with Gasteiger partial charge in [-0.25, -0.2) is 0 Å². The van der Waals surface area contributed by atoms with Crippen LogP contribution in [-0.4, -0.2) is 35.0 Å². The highest BCUT2D eigenvalue weighted by Gasteiger charge is 2.16. The van der Waals surface area contributed by atoms with E-state index in [4.69, 9.17) is 4.42 Å². The fraction of sp³-hybridized carbons (Fsp3) is 0.800. The Morgan fingerprint density at radius 1 is 1.20 bits per heavy atom. The highest BCUT2D eigenvalue weighted by molar-refractivity contribution is 5.79. The highest BCUT2D eigenvalue weighted by Crippen LogP contribution is 2.27. The van der Waals surface area contributed by atoms with Gasteiger partial charge in [0, 0.05) is 6.42 Å². The van der Waals surface area contributed by atoms with Crippen LogP contribution in [0.25, 0.3) is 0 Å². The molecule has 0 aliphatic heterocycles. The van der Waals surface area contributed by atoms with Crippen LogP contribution in [0, 0.1) is 5.92 Å². The molecule has 1 aliphatic rings. The van der Waals surface area contributed by atoms with Crippen molar-refractivity contribution in [3.8, 4) is 0 Å². The molecule has 112 valence electrons. The minimum absolute atomic E-state index is 0.218. The molecular weight excluding hydrogens is 254 g/mol. The van der Waals surface area contributed by atoms with Gasteiger partial charge in [0.25, 0.3) is 0 Å². The van der Waals surface area contributed by atoms with Gasteiger partial charge in [-0.15, -0.1) is 10.2 Å². The van der Waals surface area contributed by atoms with Crippen molar-refractivity contribution in [3.63, 3.8) is 0 Å². The van der Waals surface area contributed by atoms with Crippen LogP contribution in [0.5, 0.6) is 0 Å². The van der Waals surface area contributed by atoms with Gasteiger partial charge < -0.3 is 9.32 Å². The van der Waals surface area contributed by atoms with Gasteiger partial charge in [0.15, 0.2) is 0 Å². The van der Waals surface area contributed by atoms with Crippen molar-refractivity contribution in [2.45, 2.75) is 57.9 Å². The molecule has 1 aromatic heterocycles. The molecule has 5 heteroatoms. The van der Waals surface area contributed by atoms with Crippen LogP contribution in [0.2, 0.25) is 0 Å². The molecule has 1 fully saturated rings. The quantitative estimate of drug-likeness (QED) is 0.768.